The highest BCUT2D eigenvalue weighted by Gasteiger charge is 2.37. The van der Waals surface area contributed by atoms with E-state index >= 15 is 0 Å². The number of Topliss-reactive ketones (excluding diaryl/α,β-unsaturated/α-hetero) is 1. The van der Waals surface area contributed by atoms with E-state index in [4.69, 9.17) is 16.3 Å². The van der Waals surface area contributed by atoms with Crippen LogP contribution in [-0.2, 0) is 11.0 Å². The summed E-state index contributed by atoms with van der Waals surface area (Å²) in [6.07, 6.45) is -3.46. The Labute approximate surface area is 120 Å². The Morgan fingerprint density at radius 1 is 1.24 bits per heavy atom. The molecule has 3 rings (SSSR count). The molecular weight excluding hydrogens is 311 g/mol. The summed E-state index contributed by atoms with van der Waals surface area (Å²) in [6.45, 7) is 0. The molecule has 1 aromatic carbocycles. The van der Waals surface area contributed by atoms with Gasteiger partial charge < -0.3 is 4.74 Å². The van der Waals surface area contributed by atoms with E-state index in [0.717, 1.165) is 24.4 Å². The van der Waals surface area contributed by atoms with Crippen molar-refractivity contribution in [1.82, 2.24) is 4.98 Å². The second kappa shape index (κ2) is 4.42. The van der Waals surface area contributed by atoms with Gasteiger partial charge in [-0.3, -0.25) is 9.78 Å². The van der Waals surface area contributed by atoms with E-state index in [0.29, 0.717) is 0 Å². The highest BCUT2D eigenvalue weighted by Crippen LogP contribution is 2.37. The van der Waals surface area contributed by atoms with Crippen molar-refractivity contribution in [3.05, 3.63) is 35.5 Å². The van der Waals surface area contributed by atoms with Gasteiger partial charge in [0.05, 0.1) is 16.6 Å². The van der Waals surface area contributed by atoms with Crippen molar-refractivity contribution in [2.45, 2.75) is 11.6 Å². The van der Waals surface area contributed by atoms with E-state index in [2.05, 4.69) is 4.98 Å². The Balaban J connectivity index is 2.24. The summed E-state index contributed by atoms with van der Waals surface area (Å²) in [5.74, 6) is -1.75. The van der Waals surface area contributed by atoms with Gasteiger partial charge in [-0.25, -0.2) is 4.79 Å². The lowest BCUT2D eigenvalue weighted by molar-refractivity contribution is -0.137. The summed E-state index contributed by atoms with van der Waals surface area (Å²) in [5, 5.41) is -1.32. The number of rotatable bonds is 0. The highest BCUT2D eigenvalue weighted by molar-refractivity contribution is 6.45. The van der Waals surface area contributed by atoms with E-state index < -0.39 is 28.9 Å². The first-order valence-electron chi connectivity index (χ1n) is 5.69. The van der Waals surface area contributed by atoms with Crippen LogP contribution in [0.15, 0.2) is 24.4 Å². The summed E-state index contributed by atoms with van der Waals surface area (Å²) >= 11 is 5.58. The Morgan fingerprint density at radius 2 is 1.95 bits per heavy atom. The van der Waals surface area contributed by atoms with Gasteiger partial charge in [-0.05, 0) is 18.2 Å². The van der Waals surface area contributed by atoms with Crippen molar-refractivity contribution in [2.24, 2.45) is 0 Å². The van der Waals surface area contributed by atoms with Gasteiger partial charge in [0, 0.05) is 11.6 Å². The Kier molecular flexibility index (Phi) is 2.91. The number of ether oxygens (including phenoxy) is 1. The maximum atomic E-state index is 12.6. The second-order valence-electron chi connectivity index (χ2n) is 4.38. The monoisotopic (exact) mass is 315 g/mol. The Morgan fingerprint density at radius 3 is 2.62 bits per heavy atom. The molecule has 0 N–H and O–H groups in total. The zero-order chi connectivity index (χ0) is 15.4. The van der Waals surface area contributed by atoms with Crippen LogP contribution in [0.4, 0.5) is 13.2 Å². The van der Waals surface area contributed by atoms with Crippen LogP contribution in [0.5, 0.6) is 5.75 Å². The Hall–Kier alpha value is -2.15. The van der Waals surface area contributed by atoms with Crippen LogP contribution in [0.25, 0.3) is 10.9 Å². The number of carbonyl (C=O) groups excluding carboxylic acids is 2. The van der Waals surface area contributed by atoms with Crippen LogP contribution >= 0.6 is 11.6 Å². The van der Waals surface area contributed by atoms with Crippen LogP contribution < -0.4 is 4.74 Å². The molecule has 1 aromatic heterocycles. The Bertz CT molecular complexity index is 788. The smallest absolute Gasteiger partial charge is 0.416 e. The molecule has 0 bridgehead atoms. The van der Waals surface area contributed by atoms with Crippen molar-refractivity contribution in [3.63, 3.8) is 0 Å². The molecular formula is C13H5ClF3NO3. The van der Waals surface area contributed by atoms with Crippen molar-refractivity contribution in [2.75, 3.05) is 0 Å². The fourth-order valence-electron chi connectivity index (χ4n) is 2.03. The standard InChI is InChI=1S/C13H5ClF3NO3/c14-9-10(19)7-4-18-8-3-5(13(15,16)17)1-2-6(8)11(7)21-12(9)20/h1-4,9H. The number of esters is 1. The summed E-state index contributed by atoms with van der Waals surface area (Å²) in [4.78, 5) is 27.1. The van der Waals surface area contributed by atoms with E-state index in [9.17, 15) is 22.8 Å². The summed E-state index contributed by atoms with van der Waals surface area (Å²) < 4.78 is 42.9. The fourth-order valence-corrected chi connectivity index (χ4v) is 2.19. The third-order valence-electron chi connectivity index (χ3n) is 3.05. The number of aromatic nitrogens is 1. The predicted octanol–water partition coefficient (Wildman–Crippen LogP) is 2.96. The number of fused-ring (bicyclic) bond motifs is 3. The first-order chi connectivity index (χ1) is 9.79. The number of hydrogen-bond acceptors (Lipinski definition) is 4. The fraction of sp³-hybridized carbons (Fsp3) is 0.154. The van der Waals surface area contributed by atoms with Crippen molar-refractivity contribution < 1.29 is 27.5 Å². The van der Waals surface area contributed by atoms with Gasteiger partial charge in [0.25, 0.3) is 0 Å². The molecule has 8 heteroatoms. The van der Waals surface area contributed by atoms with Crippen LogP contribution in [0.1, 0.15) is 15.9 Å². The minimum atomic E-state index is -4.51. The van der Waals surface area contributed by atoms with E-state index in [1.54, 1.807) is 0 Å². The molecule has 2 heterocycles. The molecule has 0 radical (unpaired) electrons. The average molecular weight is 316 g/mol. The van der Waals surface area contributed by atoms with Crippen LogP contribution in [0.3, 0.4) is 0 Å². The van der Waals surface area contributed by atoms with Crippen LogP contribution in [0, 0.1) is 0 Å². The van der Waals surface area contributed by atoms with E-state index in [-0.39, 0.29) is 22.2 Å². The van der Waals surface area contributed by atoms with Gasteiger partial charge >= 0.3 is 12.1 Å². The molecule has 1 aliphatic rings. The predicted molar refractivity (Wildman–Crippen MR) is 66.4 cm³/mol. The van der Waals surface area contributed by atoms with E-state index in [1.807, 2.05) is 0 Å². The topological polar surface area (TPSA) is 56.3 Å². The quantitative estimate of drug-likeness (QED) is 0.426. The van der Waals surface area contributed by atoms with Crippen molar-refractivity contribution in [1.29, 1.82) is 0 Å². The lowest BCUT2D eigenvalue weighted by atomic mass is 10.0. The van der Waals surface area contributed by atoms with E-state index in [1.165, 1.54) is 0 Å². The third-order valence-corrected chi connectivity index (χ3v) is 3.43. The molecule has 0 saturated carbocycles. The molecule has 1 atom stereocenters. The van der Waals surface area contributed by atoms with Gasteiger partial charge in [0.2, 0.25) is 0 Å². The number of benzene rings is 1. The molecule has 1 aliphatic heterocycles. The third kappa shape index (κ3) is 2.13. The first-order valence-corrected chi connectivity index (χ1v) is 6.12. The number of carbonyl (C=O) groups is 2. The summed E-state index contributed by atoms with van der Waals surface area (Å²) in [7, 11) is 0. The number of ketones is 1. The average Bonchev–Trinajstić information content (AvgIpc) is 2.43. The van der Waals surface area contributed by atoms with Gasteiger partial charge in [0.15, 0.2) is 16.9 Å². The van der Waals surface area contributed by atoms with Crippen molar-refractivity contribution >= 4 is 34.3 Å². The minimum Gasteiger partial charge on any atom is -0.424 e. The number of pyridine rings is 1. The molecule has 21 heavy (non-hydrogen) atoms. The highest BCUT2D eigenvalue weighted by atomic mass is 35.5. The van der Waals surface area contributed by atoms with Gasteiger partial charge in [-0.15, -0.1) is 11.6 Å². The molecule has 0 amide bonds. The molecule has 4 nitrogen and oxygen atoms in total. The molecule has 0 saturated heterocycles. The number of nitrogens with zero attached hydrogens (tertiary/aromatic N) is 1. The second-order valence-corrected chi connectivity index (χ2v) is 4.82. The van der Waals surface area contributed by atoms with Gasteiger partial charge in [-0.1, -0.05) is 0 Å². The zero-order valence-electron chi connectivity index (χ0n) is 10.1. The van der Waals surface area contributed by atoms with Crippen molar-refractivity contribution in [3.8, 4) is 5.75 Å². The number of hydrogen-bond donors (Lipinski definition) is 0. The van der Waals surface area contributed by atoms with Crippen LogP contribution in [-0.4, -0.2) is 22.1 Å². The largest absolute Gasteiger partial charge is 0.424 e. The summed E-state index contributed by atoms with van der Waals surface area (Å²) in [6, 6.07) is 2.76. The maximum Gasteiger partial charge on any atom is 0.416 e. The zero-order valence-corrected chi connectivity index (χ0v) is 10.8. The SMILES string of the molecule is O=C1Oc2c(cnc3cc(C(F)(F)F)ccc23)C(=O)C1Cl. The number of alkyl halides is 4. The van der Waals surface area contributed by atoms with Gasteiger partial charge in [0.1, 0.15) is 0 Å². The molecule has 0 spiro atoms. The molecule has 1 unspecified atom stereocenters. The molecule has 2 aromatic rings. The first kappa shape index (κ1) is 13.8. The van der Waals surface area contributed by atoms with Gasteiger partial charge in [-0.2, -0.15) is 13.2 Å². The normalized spacial score (nSPS) is 18.6. The molecule has 0 fully saturated rings. The lowest BCUT2D eigenvalue weighted by Crippen LogP contribution is -2.34. The molecule has 108 valence electrons. The van der Waals surface area contributed by atoms with Crippen LogP contribution in [0.2, 0.25) is 0 Å². The number of halogens is 4. The minimum absolute atomic E-state index is 0.0261. The maximum absolute atomic E-state index is 12.6. The summed E-state index contributed by atoms with van der Waals surface area (Å²) in [5.41, 5.74) is -0.940. The molecule has 0 aliphatic carbocycles. The lowest BCUT2D eigenvalue weighted by Gasteiger charge is -2.19.